The van der Waals surface area contributed by atoms with Gasteiger partial charge in [0.25, 0.3) is 0 Å². The van der Waals surface area contributed by atoms with Gasteiger partial charge in [0.15, 0.2) is 0 Å². The summed E-state index contributed by atoms with van der Waals surface area (Å²) in [5.74, 6) is -0.481. The lowest BCUT2D eigenvalue weighted by Gasteiger charge is -2.32. The van der Waals surface area contributed by atoms with Crippen LogP contribution in [0.5, 0.6) is 0 Å². The maximum absolute atomic E-state index is 13.3. The standard InChI is InChI=1S/C25H33BrClN3O4S/c1-18(24(32)28-25(2,3)4)29(17-19-8-6-9-20(26)16-19)23(31)10-7-15-30(35(5,33)34)22-13-11-21(27)12-14-22/h6,8-9,11-14,16,18H,7,10,15,17H2,1-5H3,(H,28,32)/t18-/m1/s1. The van der Waals surface area contributed by atoms with Crippen molar-refractivity contribution in [2.45, 2.75) is 58.7 Å². The van der Waals surface area contributed by atoms with E-state index in [1.54, 1.807) is 31.2 Å². The molecule has 1 N–H and O–H groups in total. The lowest BCUT2D eigenvalue weighted by Crippen LogP contribution is -2.52. The van der Waals surface area contributed by atoms with Crippen LogP contribution in [0.15, 0.2) is 53.0 Å². The highest BCUT2D eigenvalue weighted by Gasteiger charge is 2.28. The van der Waals surface area contributed by atoms with E-state index >= 15 is 0 Å². The number of nitrogens with zero attached hydrogens (tertiary/aromatic N) is 2. The summed E-state index contributed by atoms with van der Waals surface area (Å²) in [6.07, 6.45) is 1.50. The van der Waals surface area contributed by atoms with Gasteiger partial charge in [0.1, 0.15) is 6.04 Å². The highest BCUT2D eigenvalue weighted by Crippen LogP contribution is 2.22. The first kappa shape index (κ1) is 29.1. The van der Waals surface area contributed by atoms with Crippen molar-refractivity contribution in [1.82, 2.24) is 10.2 Å². The Morgan fingerprint density at radius 3 is 2.29 bits per heavy atom. The van der Waals surface area contributed by atoms with Crippen molar-refractivity contribution in [3.8, 4) is 0 Å². The Bertz CT molecular complexity index is 1130. The zero-order chi connectivity index (χ0) is 26.4. The molecule has 7 nitrogen and oxygen atoms in total. The van der Waals surface area contributed by atoms with E-state index in [9.17, 15) is 18.0 Å². The molecule has 2 amide bonds. The van der Waals surface area contributed by atoms with Crippen LogP contribution in [0.25, 0.3) is 0 Å². The highest BCUT2D eigenvalue weighted by atomic mass is 79.9. The first-order chi connectivity index (χ1) is 16.2. The first-order valence-corrected chi connectivity index (χ1v) is 14.3. The molecule has 0 heterocycles. The molecule has 0 bridgehead atoms. The van der Waals surface area contributed by atoms with Crippen LogP contribution in [0.3, 0.4) is 0 Å². The average Bonchev–Trinajstić information content (AvgIpc) is 2.73. The Morgan fingerprint density at radius 1 is 1.11 bits per heavy atom. The number of nitrogens with one attached hydrogen (secondary N) is 1. The molecular formula is C25H33BrClN3O4S. The van der Waals surface area contributed by atoms with Crippen molar-refractivity contribution in [1.29, 1.82) is 0 Å². The number of carbonyl (C=O) groups excluding carboxylic acids is 2. The molecule has 192 valence electrons. The van der Waals surface area contributed by atoms with Gasteiger partial charge in [-0.15, -0.1) is 0 Å². The lowest BCUT2D eigenvalue weighted by atomic mass is 10.1. The number of anilines is 1. The minimum atomic E-state index is -3.56. The summed E-state index contributed by atoms with van der Waals surface area (Å²) < 4.78 is 26.9. The monoisotopic (exact) mass is 585 g/mol. The molecule has 2 aromatic rings. The molecule has 2 aromatic carbocycles. The Kier molecular flexibility index (Phi) is 10.2. The van der Waals surface area contributed by atoms with Gasteiger partial charge in [0.05, 0.1) is 11.9 Å². The maximum Gasteiger partial charge on any atom is 0.242 e. The lowest BCUT2D eigenvalue weighted by molar-refractivity contribution is -0.141. The molecule has 0 aliphatic heterocycles. The molecule has 35 heavy (non-hydrogen) atoms. The molecule has 0 aromatic heterocycles. The van der Waals surface area contributed by atoms with E-state index in [1.807, 2.05) is 45.0 Å². The number of amides is 2. The zero-order valence-electron chi connectivity index (χ0n) is 20.7. The van der Waals surface area contributed by atoms with Gasteiger partial charge in [-0.1, -0.05) is 39.7 Å². The summed E-state index contributed by atoms with van der Waals surface area (Å²) in [6.45, 7) is 7.73. The van der Waals surface area contributed by atoms with E-state index in [1.165, 1.54) is 9.21 Å². The molecule has 0 radical (unpaired) electrons. The van der Waals surface area contributed by atoms with Crippen molar-refractivity contribution in [3.05, 3.63) is 63.6 Å². The third kappa shape index (κ3) is 9.46. The van der Waals surface area contributed by atoms with Crippen molar-refractivity contribution >= 4 is 55.1 Å². The van der Waals surface area contributed by atoms with Crippen molar-refractivity contribution in [3.63, 3.8) is 0 Å². The van der Waals surface area contributed by atoms with Crippen molar-refractivity contribution < 1.29 is 18.0 Å². The molecule has 0 aliphatic carbocycles. The number of carbonyl (C=O) groups is 2. The fourth-order valence-electron chi connectivity index (χ4n) is 3.50. The van der Waals surface area contributed by atoms with Crippen LogP contribution in [-0.2, 0) is 26.2 Å². The maximum atomic E-state index is 13.3. The van der Waals surface area contributed by atoms with Crippen LogP contribution in [0.1, 0.15) is 46.1 Å². The largest absolute Gasteiger partial charge is 0.350 e. The second-order valence-corrected chi connectivity index (χ2v) is 12.7. The minimum absolute atomic E-state index is 0.0841. The van der Waals surface area contributed by atoms with E-state index in [4.69, 9.17) is 11.6 Å². The predicted molar refractivity (Wildman–Crippen MR) is 145 cm³/mol. The molecular weight excluding hydrogens is 554 g/mol. The number of benzene rings is 2. The van der Waals surface area contributed by atoms with Gasteiger partial charge >= 0.3 is 0 Å². The van der Waals surface area contributed by atoms with Gasteiger partial charge in [0.2, 0.25) is 21.8 Å². The normalized spacial score (nSPS) is 12.7. The fraction of sp³-hybridized carbons (Fsp3) is 0.440. The van der Waals surface area contributed by atoms with Crippen molar-refractivity contribution in [2.75, 3.05) is 17.1 Å². The summed E-state index contributed by atoms with van der Waals surface area (Å²) >= 11 is 9.37. The number of rotatable bonds is 10. The average molecular weight is 587 g/mol. The quantitative estimate of drug-likeness (QED) is 0.425. The second-order valence-electron chi connectivity index (χ2n) is 9.48. The summed E-state index contributed by atoms with van der Waals surface area (Å²) in [5, 5.41) is 3.43. The van der Waals surface area contributed by atoms with Crippen LogP contribution >= 0.6 is 27.5 Å². The van der Waals surface area contributed by atoms with Crippen LogP contribution in [0, 0.1) is 0 Å². The molecule has 0 saturated carbocycles. The van der Waals surface area contributed by atoms with Gasteiger partial charge in [-0.2, -0.15) is 0 Å². The summed E-state index contributed by atoms with van der Waals surface area (Å²) in [7, 11) is -3.56. The van der Waals surface area contributed by atoms with Gasteiger partial charge in [-0.25, -0.2) is 8.42 Å². The number of hydrogen-bond donors (Lipinski definition) is 1. The summed E-state index contributed by atoms with van der Waals surface area (Å²) in [4.78, 5) is 27.7. The minimum Gasteiger partial charge on any atom is -0.350 e. The smallest absolute Gasteiger partial charge is 0.242 e. The Morgan fingerprint density at radius 2 is 1.74 bits per heavy atom. The van der Waals surface area contributed by atoms with Gasteiger partial charge in [0, 0.05) is 34.5 Å². The highest BCUT2D eigenvalue weighted by molar-refractivity contribution is 9.10. The number of sulfonamides is 1. The Balaban J connectivity index is 2.18. The molecule has 0 fully saturated rings. The van der Waals surface area contributed by atoms with Crippen LogP contribution < -0.4 is 9.62 Å². The molecule has 10 heteroatoms. The van der Waals surface area contributed by atoms with E-state index in [0.29, 0.717) is 10.7 Å². The van der Waals surface area contributed by atoms with Gasteiger partial charge in [-0.3, -0.25) is 13.9 Å². The Hall–Kier alpha value is -2.10. The number of halogens is 2. The first-order valence-electron chi connectivity index (χ1n) is 11.3. The van der Waals surface area contributed by atoms with Gasteiger partial charge < -0.3 is 10.2 Å². The molecule has 0 saturated heterocycles. The third-order valence-corrected chi connectivity index (χ3v) is 7.11. The second kappa shape index (κ2) is 12.2. The van der Waals surface area contributed by atoms with Crippen LogP contribution in [0.4, 0.5) is 5.69 Å². The van der Waals surface area contributed by atoms with E-state index in [-0.39, 0.29) is 37.7 Å². The van der Waals surface area contributed by atoms with E-state index < -0.39 is 21.6 Å². The molecule has 0 spiro atoms. The van der Waals surface area contributed by atoms with Crippen molar-refractivity contribution in [2.24, 2.45) is 0 Å². The third-order valence-electron chi connectivity index (χ3n) is 5.17. The number of hydrogen-bond acceptors (Lipinski definition) is 4. The summed E-state index contributed by atoms with van der Waals surface area (Å²) in [6, 6.07) is 13.4. The predicted octanol–water partition coefficient (Wildman–Crippen LogP) is 4.98. The van der Waals surface area contributed by atoms with E-state index in [0.717, 1.165) is 16.3 Å². The topological polar surface area (TPSA) is 86.8 Å². The molecule has 2 rings (SSSR count). The molecule has 0 unspecified atom stereocenters. The molecule has 0 aliphatic rings. The van der Waals surface area contributed by atoms with Crippen LogP contribution in [-0.4, -0.2) is 49.5 Å². The van der Waals surface area contributed by atoms with E-state index in [2.05, 4.69) is 21.2 Å². The Labute approximate surface area is 222 Å². The zero-order valence-corrected chi connectivity index (χ0v) is 23.9. The van der Waals surface area contributed by atoms with Gasteiger partial charge in [-0.05, 0) is 76.1 Å². The summed E-state index contributed by atoms with van der Waals surface area (Å²) in [5.41, 5.74) is 0.917. The van der Waals surface area contributed by atoms with Crippen LogP contribution in [0.2, 0.25) is 5.02 Å². The SMILES string of the molecule is C[C@H](C(=O)NC(C)(C)C)N(Cc1cccc(Br)c1)C(=O)CCCN(c1ccc(Cl)cc1)S(C)(=O)=O. The fourth-order valence-corrected chi connectivity index (χ4v) is 5.04. The molecule has 1 atom stereocenters.